The molecule has 0 amide bonds. The summed E-state index contributed by atoms with van der Waals surface area (Å²) in [5.41, 5.74) is 2.64. The Morgan fingerprint density at radius 2 is 2.05 bits per heavy atom. The van der Waals surface area contributed by atoms with E-state index in [1.807, 2.05) is 6.07 Å². The maximum Gasteiger partial charge on any atom is 0.0594 e. The largest absolute Gasteiger partial charge is 0.379 e. The second-order valence-corrected chi connectivity index (χ2v) is 5.43. The maximum atomic E-state index is 6.14. The van der Waals surface area contributed by atoms with E-state index >= 15 is 0 Å². The zero-order valence-electron chi connectivity index (χ0n) is 11.2. The molecule has 1 aliphatic heterocycles. The van der Waals surface area contributed by atoms with Crippen LogP contribution >= 0.6 is 11.6 Å². The van der Waals surface area contributed by atoms with Gasteiger partial charge in [-0.05, 0) is 30.7 Å². The molecule has 0 aliphatic carbocycles. The van der Waals surface area contributed by atoms with Crippen LogP contribution in [0.5, 0.6) is 0 Å². The molecule has 0 atom stereocenters. The van der Waals surface area contributed by atoms with Crippen molar-refractivity contribution in [3.8, 4) is 0 Å². The van der Waals surface area contributed by atoms with E-state index in [0.29, 0.717) is 0 Å². The highest BCUT2D eigenvalue weighted by Crippen LogP contribution is 2.26. The van der Waals surface area contributed by atoms with Crippen LogP contribution < -0.4 is 0 Å². The molecule has 0 radical (unpaired) electrons. The molecule has 1 aromatic heterocycles. The molecule has 1 saturated heterocycles. The molecule has 1 aromatic carbocycles. The van der Waals surface area contributed by atoms with Crippen molar-refractivity contribution in [1.82, 2.24) is 9.47 Å². The fourth-order valence-corrected chi connectivity index (χ4v) is 2.90. The average molecular weight is 279 g/mol. The summed E-state index contributed by atoms with van der Waals surface area (Å²) in [5, 5.41) is 2.09. The Morgan fingerprint density at radius 1 is 1.26 bits per heavy atom. The van der Waals surface area contributed by atoms with Gasteiger partial charge in [-0.3, -0.25) is 4.90 Å². The molecule has 2 aromatic rings. The Morgan fingerprint density at radius 3 is 2.79 bits per heavy atom. The van der Waals surface area contributed by atoms with Crippen LogP contribution in [0.15, 0.2) is 24.4 Å². The summed E-state index contributed by atoms with van der Waals surface area (Å²) in [5.74, 6) is 0. The number of morpholine rings is 1. The fraction of sp³-hybridized carbons (Fsp3) is 0.467. The smallest absolute Gasteiger partial charge is 0.0594 e. The number of halogens is 1. The minimum Gasteiger partial charge on any atom is -0.379 e. The Balaban J connectivity index is 1.95. The van der Waals surface area contributed by atoms with Crippen LogP contribution in [0.1, 0.15) is 12.5 Å². The zero-order chi connectivity index (χ0) is 13.2. The van der Waals surface area contributed by atoms with Crippen LogP contribution in [0.2, 0.25) is 5.02 Å². The molecule has 4 heteroatoms. The highest BCUT2D eigenvalue weighted by Gasteiger charge is 2.14. The van der Waals surface area contributed by atoms with Gasteiger partial charge in [-0.25, -0.2) is 0 Å². The lowest BCUT2D eigenvalue weighted by Gasteiger charge is -2.26. The molecule has 0 bridgehead atoms. The van der Waals surface area contributed by atoms with Crippen molar-refractivity contribution >= 4 is 22.5 Å². The van der Waals surface area contributed by atoms with Crippen molar-refractivity contribution in [3.63, 3.8) is 0 Å². The predicted molar refractivity (Wildman–Crippen MR) is 78.7 cm³/mol. The number of benzene rings is 1. The Labute approximate surface area is 118 Å². The first-order valence-corrected chi connectivity index (χ1v) is 7.23. The van der Waals surface area contributed by atoms with Crippen LogP contribution in [0.4, 0.5) is 0 Å². The van der Waals surface area contributed by atoms with Gasteiger partial charge in [-0.15, -0.1) is 0 Å². The Hall–Kier alpha value is -1.03. The second kappa shape index (κ2) is 5.53. The molecule has 0 N–H and O–H groups in total. The van der Waals surface area contributed by atoms with Crippen molar-refractivity contribution < 1.29 is 4.74 Å². The van der Waals surface area contributed by atoms with E-state index in [2.05, 4.69) is 34.7 Å². The molecule has 19 heavy (non-hydrogen) atoms. The third kappa shape index (κ3) is 2.64. The predicted octanol–water partition coefficient (Wildman–Crippen LogP) is 3.15. The minimum absolute atomic E-state index is 0.810. The highest BCUT2D eigenvalue weighted by molar-refractivity contribution is 6.31. The van der Waals surface area contributed by atoms with Crippen LogP contribution in [-0.2, 0) is 17.8 Å². The van der Waals surface area contributed by atoms with Gasteiger partial charge in [0.2, 0.25) is 0 Å². The molecular weight excluding hydrogens is 260 g/mol. The number of hydrogen-bond donors (Lipinski definition) is 0. The van der Waals surface area contributed by atoms with Crippen molar-refractivity contribution in [2.24, 2.45) is 0 Å². The monoisotopic (exact) mass is 278 g/mol. The quantitative estimate of drug-likeness (QED) is 0.858. The van der Waals surface area contributed by atoms with Crippen LogP contribution in [0.25, 0.3) is 10.9 Å². The molecular formula is C15H19ClN2O. The number of nitrogens with zero attached hydrogens (tertiary/aromatic N) is 2. The molecule has 2 heterocycles. The second-order valence-electron chi connectivity index (χ2n) is 4.99. The van der Waals surface area contributed by atoms with Gasteiger partial charge in [-0.2, -0.15) is 0 Å². The number of fused-ring (bicyclic) bond motifs is 1. The third-order valence-corrected chi connectivity index (χ3v) is 4.00. The molecule has 0 saturated carbocycles. The van der Waals surface area contributed by atoms with Gasteiger partial charge in [0, 0.05) is 48.3 Å². The van der Waals surface area contributed by atoms with Gasteiger partial charge in [0.15, 0.2) is 0 Å². The molecule has 0 unspecified atom stereocenters. The van der Waals surface area contributed by atoms with Crippen LogP contribution in [0, 0.1) is 0 Å². The summed E-state index contributed by atoms with van der Waals surface area (Å²) in [6.07, 6.45) is 2.26. The fourth-order valence-electron chi connectivity index (χ4n) is 2.73. The molecule has 1 fully saturated rings. The summed E-state index contributed by atoms with van der Waals surface area (Å²) in [6, 6.07) is 6.16. The first-order chi connectivity index (χ1) is 9.28. The van der Waals surface area contributed by atoms with Crippen LogP contribution in [0.3, 0.4) is 0 Å². The minimum atomic E-state index is 0.810. The van der Waals surface area contributed by atoms with Crippen molar-refractivity contribution in [2.75, 3.05) is 26.3 Å². The van der Waals surface area contributed by atoms with Gasteiger partial charge < -0.3 is 9.30 Å². The number of rotatable bonds is 3. The SMILES string of the molecule is CCn1cc(CN2CCOCC2)c2cc(Cl)ccc21. The average Bonchev–Trinajstić information content (AvgIpc) is 2.77. The third-order valence-electron chi connectivity index (χ3n) is 3.76. The lowest BCUT2D eigenvalue weighted by atomic mass is 10.1. The van der Waals surface area contributed by atoms with Gasteiger partial charge in [0.1, 0.15) is 0 Å². The van der Waals surface area contributed by atoms with Crippen molar-refractivity contribution in [1.29, 1.82) is 0 Å². The lowest BCUT2D eigenvalue weighted by Crippen LogP contribution is -2.35. The van der Waals surface area contributed by atoms with Gasteiger partial charge in [-0.1, -0.05) is 11.6 Å². The van der Waals surface area contributed by atoms with E-state index in [1.165, 1.54) is 16.5 Å². The molecule has 102 valence electrons. The summed E-state index contributed by atoms with van der Waals surface area (Å²) in [4.78, 5) is 2.44. The van der Waals surface area contributed by atoms with E-state index in [4.69, 9.17) is 16.3 Å². The highest BCUT2D eigenvalue weighted by atomic mass is 35.5. The lowest BCUT2D eigenvalue weighted by molar-refractivity contribution is 0.0343. The summed E-state index contributed by atoms with van der Waals surface area (Å²) in [6.45, 7) is 7.85. The number of ether oxygens (including phenoxy) is 1. The molecule has 1 aliphatic rings. The van der Waals surface area contributed by atoms with Gasteiger partial charge in [0.05, 0.1) is 13.2 Å². The summed E-state index contributed by atoms with van der Waals surface area (Å²) >= 11 is 6.14. The van der Waals surface area contributed by atoms with E-state index < -0.39 is 0 Å². The first kappa shape index (κ1) is 13.0. The number of hydrogen-bond acceptors (Lipinski definition) is 2. The van der Waals surface area contributed by atoms with Gasteiger partial charge >= 0.3 is 0 Å². The number of aromatic nitrogens is 1. The Bertz CT molecular complexity index is 573. The number of aryl methyl sites for hydroxylation is 1. The van der Waals surface area contributed by atoms with Crippen molar-refractivity contribution in [3.05, 3.63) is 35.0 Å². The van der Waals surface area contributed by atoms with Crippen LogP contribution in [-0.4, -0.2) is 35.8 Å². The zero-order valence-corrected chi connectivity index (χ0v) is 12.0. The first-order valence-electron chi connectivity index (χ1n) is 6.85. The van der Waals surface area contributed by atoms with Gasteiger partial charge in [0.25, 0.3) is 0 Å². The van der Waals surface area contributed by atoms with E-state index in [1.54, 1.807) is 0 Å². The molecule has 0 spiro atoms. The Kier molecular flexibility index (Phi) is 3.78. The standard InChI is InChI=1S/C15H19ClN2O/c1-2-18-11-12(10-17-5-7-19-8-6-17)14-9-13(16)3-4-15(14)18/h3-4,9,11H,2,5-8,10H2,1H3. The van der Waals surface area contributed by atoms with E-state index in [0.717, 1.165) is 44.4 Å². The normalized spacial score (nSPS) is 17.2. The summed E-state index contributed by atoms with van der Waals surface area (Å²) in [7, 11) is 0. The topological polar surface area (TPSA) is 17.4 Å². The van der Waals surface area contributed by atoms with E-state index in [-0.39, 0.29) is 0 Å². The summed E-state index contributed by atoms with van der Waals surface area (Å²) < 4.78 is 7.70. The maximum absolute atomic E-state index is 6.14. The van der Waals surface area contributed by atoms with E-state index in [9.17, 15) is 0 Å². The molecule has 3 nitrogen and oxygen atoms in total. The van der Waals surface area contributed by atoms with Crippen molar-refractivity contribution in [2.45, 2.75) is 20.0 Å². The molecule has 3 rings (SSSR count).